The SMILES string of the molecule is CCN(CC)S(=O)(=O)c1ccc(O)c(NC(=O)C(c2ccccc2)N2CCCCC2=O)c1. The highest BCUT2D eigenvalue weighted by Gasteiger charge is 2.33. The van der Waals surface area contributed by atoms with E-state index in [9.17, 15) is 23.1 Å². The van der Waals surface area contributed by atoms with Crippen molar-refractivity contribution >= 4 is 27.5 Å². The molecule has 1 unspecified atom stereocenters. The van der Waals surface area contributed by atoms with Gasteiger partial charge in [0.1, 0.15) is 11.8 Å². The van der Waals surface area contributed by atoms with E-state index in [1.165, 1.54) is 22.5 Å². The highest BCUT2D eigenvalue weighted by atomic mass is 32.2. The van der Waals surface area contributed by atoms with Crippen molar-refractivity contribution in [2.24, 2.45) is 0 Å². The van der Waals surface area contributed by atoms with Crippen LogP contribution in [0.2, 0.25) is 0 Å². The summed E-state index contributed by atoms with van der Waals surface area (Å²) < 4.78 is 27.0. The molecule has 1 aliphatic rings. The summed E-state index contributed by atoms with van der Waals surface area (Å²) in [6, 6.07) is 11.9. The van der Waals surface area contributed by atoms with Crippen LogP contribution in [0.25, 0.3) is 0 Å². The maximum Gasteiger partial charge on any atom is 0.251 e. The lowest BCUT2D eigenvalue weighted by Crippen LogP contribution is -2.43. The summed E-state index contributed by atoms with van der Waals surface area (Å²) in [5.41, 5.74) is 0.625. The normalized spacial score (nSPS) is 15.6. The van der Waals surface area contributed by atoms with E-state index in [0.29, 0.717) is 31.6 Å². The van der Waals surface area contributed by atoms with E-state index >= 15 is 0 Å². The van der Waals surface area contributed by atoms with E-state index in [-0.39, 0.29) is 22.2 Å². The van der Waals surface area contributed by atoms with Gasteiger partial charge in [-0.15, -0.1) is 0 Å². The molecule has 8 nitrogen and oxygen atoms in total. The minimum absolute atomic E-state index is 0.0198. The smallest absolute Gasteiger partial charge is 0.251 e. The molecular weight excluding hydrogens is 430 g/mol. The molecule has 32 heavy (non-hydrogen) atoms. The molecule has 0 spiro atoms. The summed E-state index contributed by atoms with van der Waals surface area (Å²) in [6.45, 7) is 4.53. The van der Waals surface area contributed by atoms with E-state index in [2.05, 4.69) is 5.32 Å². The van der Waals surface area contributed by atoms with E-state index < -0.39 is 22.0 Å². The number of nitrogens with zero attached hydrogens (tertiary/aromatic N) is 2. The Morgan fingerprint density at radius 3 is 2.44 bits per heavy atom. The molecule has 9 heteroatoms. The second-order valence-electron chi connectivity index (χ2n) is 7.61. The summed E-state index contributed by atoms with van der Waals surface area (Å²) in [5, 5.41) is 13.0. The fraction of sp³-hybridized carbons (Fsp3) is 0.391. The number of benzene rings is 2. The van der Waals surface area contributed by atoms with Crippen molar-refractivity contribution in [2.75, 3.05) is 25.0 Å². The van der Waals surface area contributed by atoms with Crippen LogP contribution in [0.1, 0.15) is 44.7 Å². The third-order valence-electron chi connectivity index (χ3n) is 5.60. The molecular formula is C23H29N3O5S. The lowest BCUT2D eigenvalue weighted by atomic mass is 10.0. The number of nitrogens with one attached hydrogen (secondary N) is 1. The van der Waals surface area contributed by atoms with Crippen molar-refractivity contribution in [3.63, 3.8) is 0 Å². The standard InChI is InChI=1S/C23H29N3O5S/c1-3-25(4-2)32(30,31)18-13-14-20(27)19(16-18)24-23(29)22(17-10-6-5-7-11-17)26-15-9-8-12-21(26)28/h5-7,10-11,13-14,16,22,27H,3-4,8-9,12,15H2,1-2H3,(H,24,29). The van der Waals surface area contributed by atoms with E-state index in [4.69, 9.17) is 0 Å². The van der Waals surface area contributed by atoms with Crippen molar-refractivity contribution in [2.45, 2.75) is 44.0 Å². The predicted octanol–water partition coefficient (Wildman–Crippen LogP) is 3.12. The Hall–Kier alpha value is -2.91. The second kappa shape index (κ2) is 10.1. The third-order valence-corrected chi connectivity index (χ3v) is 7.65. The molecule has 2 N–H and O–H groups in total. The van der Waals surface area contributed by atoms with Crippen molar-refractivity contribution < 1.29 is 23.1 Å². The zero-order valence-electron chi connectivity index (χ0n) is 18.3. The average molecular weight is 460 g/mol. The quantitative estimate of drug-likeness (QED) is 0.590. The van der Waals surface area contributed by atoms with E-state index in [1.807, 2.05) is 6.07 Å². The second-order valence-corrected chi connectivity index (χ2v) is 9.55. The van der Waals surface area contributed by atoms with E-state index in [1.54, 1.807) is 43.0 Å². The van der Waals surface area contributed by atoms with Gasteiger partial charge in [-0.3, -0.25) is 9.59 Å². The van der Waals surface area contributed by atoms with Gasteiger partial charge in [-0.1, -0.05) is 44.2 Å². The Kier molecular flexibility index (Phi) is 7.52. The topological polar surface area (TPSA) is 107 Å². The Bertz CT molecular complexity index is 1070. The van der Waals surface area contributed by atoms with Crippen LogP contribution in [0.3, 0.4) is 0 Å². The molecule has 0 aromatic heterocycles. The largest absolute Gasteiger partial charge is 0.506 e. The number of phenolic OH excluding ortho intramolecular Hbond substituents is 1. The number of aromatic hydroxyl groups is 1. The van der Waals surface area contributed by atoms with Gasteiger partial charge < -0.3 is 15.3 Å². The number of amides is 2. The fourth-order valence-corrected chi connectivity index (χ4v) is 5.38. The van der Waals surface area contributed by atoms with Crippen LogP contribution in [0.5, 0.6) is 5.75 Å². The minimum atomic E-state index is -3.77. The lowest BCUT2D eigenvalue weighted by Gasteiger charge is -2.34. The summed E-state index contributed by atoms with van der Waals surface area (Å²) in [6.07, 6.45) is 1.95. The minimum Gasteiger partial charge on any atom is -0.506 e. The average Bonchev–Trinajstić information content (AvgIpc) is 2.78. The van der Waals surface area contributed by atoms with Crippen molar-refractivity contribution in [1.82, 2.24) is 9.21 Å². The number of carbonyl (C=O) groups is 2. The molecule has 2 aromatic rings. The van der Waals surface area contributed by atoms with Crippen molar-refractivity contribution in [3.8, 4) is 5.75 Å². The van der Waals surface area contributed by atoms with Crippen LogP contribution in [0, 0.1) is 0 Å². The maximum atomic E-state index is 13.3. The van der Waals surface area contributed by atoms with Crippen LogP contribution < -0.4 is 5.32 Å². The third kappa shape index (κ3) is 4.94. The van der Waals surface area contributed by atoms with Gasteiger partial charge in [0.2, 0.25) is 15.9 Å². The van der Waals surface area contributed by atoms with Gasteiger partial charge in [0.25, 0.3) is 5.91 Å². The first-order chi connectivity index (χ1) is 15.3. The van der Waals surface area contributed by atoms with E-state index in [0.717, 1.165) is 12.8 Å². The number of hydrogen-bond donors (Lipinski definition) is 2. The van der Waals surface area contributed by atoms with Crippen LogP contribution in [0.4, 0.5) is 5.69 Å². The number of carbonyl (C=O) groups excluding carboxylic acids is 2. The van der Waals surface area contributed by atoms with Crippen LogP contribution in [-0.2, 0) is 19.6 Å². The highest BCUT2D eigenvalue weighted by molar-refractivity contribution is 7.89. The molecule has 0 bridgehead atoms. The number of likely N-dealkylation sites (tertiary alicyclic amines) is 1. The first-order valence-electron chi connectivity index (χ1n) is 10.8. The van der Waals surface area contributed by atoms with Crippen LogP contribution >= 0.6 is 0 Å². The molecule has 3 rings (SSSR count). The molecule has 1 aliphatic heterocycles. The van der Waals surface area contributed by atoms with Gasteiger partial charge in [-0.2, -0.15) is 4.31 Å². The number of rotatable bonds is 8. The van der Waals surface area contributed by atoms with Gasteiger partial charge in [0.05, 0.1) is 10.6 Å². The Morgan fingerprint density at radius 2 is 1.81 bits per heavy atom. The fourth-order valence-electron chi connectivity index (χ4n) is 3.90. The highest BCUT2D eigenvalue weighted by Crippen LogP contribution is 2.31. The summed E-state index contributed by atoms with van der Waals surface area (Å²) in [7, 11) is -3.77. The van der Waals surface area contributed by atoms with Crippen LogP contribution in [-0.4, -0.2) is 54.2 Å². The molecule has 1 fully saturated rings. The summed E-state index contributed by atoms with van der Waals surface area (Å²) in [4.78, 5) is 27.4. The monoisotopic (exact) mass is 459 g/mol. The Labute approximate surface area is 188 Å². The van der Waals surface area contributed by atoms with Crippen LogP contribution in [0.15, 0.2) is 53.4 Å². The lowest BCUT2D eigenvalue weighted by molar-refractivity contribution is -0.141. The van der Waals surface area contributed by atoms with Gasteiger partial charge in [0, 0.05) is 26.1 Å². The molecule has 1 saturated heterocycles. The zero-order valence-corrected chi connectivity index (χ0v) is 19.1. The van der Waals surface area contributed by atoms with Gasteiger partial charge in [0.15, 0.2) is 0 Å². The molecule has 1 heterocycles. The molecule has 2 amide bonds. The molecule has 0 saturated carbocycles. The number of anilines is 1. The number of hydrogen-bond acceptors (Lipinski definition) is 5. The number of phenols is 1. The van der Waals surface area contributed by atoms with Gasteiger partial charge in [-0.25, -0.2) is 8.42 Å². The predicted molar refractivity (Wildman–Crippen MR) is 122 cm³/mol. The molecule has 172 valence electrons. The molecule has 2 aromatic carbocycles. The molecule has 0 radical (unpaired) electrons. The first-order valence-corrected chi connectivity index (χ1v) is 12.2. The Balaban J connectivity index is 1.95. The Morgan fingerprint density at radius 1 is 1.12 bits per heavy atom. The van der Waals surface area contributed by atoms with Gasteiger partial charge in [-0.05, 0) is 36.6 Å². The summed E-state index contributed by atoms with van der Waals surface area (Å²) in [5.74, 6) is -0.880. The first kappa shape index (κ1) is 23.7. The zero-order chi connectivity index (χ0) is 23.3. The molecule has 1 atom stereocenters. The molecule has 0 aliphatic carbocycles. The van der Waals surface area contributed by atoms with Crippen molar-refractivity contribution in [1.29, 1.82) is 0 Å². The number of piperidine rings is 1. The van der Waals surface area contributed by atoms with Gasteiger partial charge >= 0.3 is 0 Å². The number of sulfonamides is 1. The van der Waals surface area contributed by atoms with Crippen molar-refractivity contribution in [3.05, 3.63) is 54.1 Å². The maximum absolute atomic E-state index is 13.3. The summed E-state index contributed by atoms with van der Waals surface area (Å²) >= 11 is 0.